The van der Waals surface area contributed by atoms with Gasteiger partial charge in [0.05, 0.1) is 16.6 Å². The SMILES string of the molecule is Cn1nc(CN2CCN(c3ccc4ncnc(OCC(F)F)c4c3)CC2)ccc1=O. The van der Waals surface area contributed by atoms with Gasteiger partial charge in [-0.15, -0.1) is 0 Å². The zero-order chi connectivity index (χ0) is 21.1. The van der Waals surface area contributed by atoms with Gasteiger partial charge in [0.25, 0.3) is 12.0 Å². The van der Waals surface area contributed by atoms with Crippen LogP contribution in [0.3, 0.4) is 0 Å². The van der Waals surface area contributed by atoms with Crippen LogP contribution in [0.5, 0.6) is 5.88 Å². The van der Waals surface area contributed by atoms with Crippen molar-refractivity contribution < 1.29 is 13.5 Å². The number of piperazine rings is 1. The highest BCUT2D eigenvalue weighted by Crippen LogP contribution is 2.27. The molecule has 0 N–H and O–H groups in total. The van der Waals surface area contributed by atoms with E-state index in [0.717, 1.165) is 37.6 Å². The first-order chi connectivity index (χ1) is 14.5. The van der Waals surface area contributed by atoms with Crippen LogP contribution >= 0.6 is 0 Å². The number of halogens is 2. The molecule has 3 aromatic rings. The molecule has 1 aromatic carbocycles. The largest absolute Gasteiger partial charge is 0.471 e. The van der Waals surface area contributed by atoms with Crippen molar-refractivity contribution in [3.8, 4) is 5.88 Å². The van der Waals surface area contributed by atoms with Gasteiger partial charge in [-0.05, 0) is 24.3 Å². The van der Waals surface area contributed by atoms with Gasteiger partial charge in [0.15, 0.2) is 6.61 Å². The Hall–Kier alpha value is -3.14. The quantitative estimate of drug-likeness (QED) is 0.605. The van der Waals surface area contributed by atoms with Crippen molar-refractivity contribution in [2.24, 2.45) is 7.05 Å². The van der Waals surface area contributed by atoms with Gasteiger partial charge in [-0.3, -0.25) is 9.69 Å². The molecule has 0 bridgehead atoms. The number of anilines is 1. The molecule has 3 heterocycles. The summed E-state index contributed by atoms with van der Waals surface area (Å²) in [6.45, 7) is 3.26. The van der Waals surface area contributed by atoms with Crippen LogP contribution in [-0.2, 0) is 13.6 Å². The zero-order valence-corrected chi connectivity index (χ0v) is 16.5. The fraction of sp³-hybridized carbons (Fsp3) is 0.400. The van der Waals surface area contributed by atoms with Crippen molar-refractivity contribution in [3.63, 3.8) is 0 Å². The van der Waals surface area contributed by atoms with E-state index in [2.05, 4.69) is 24.9 Å². The van der Waals surface area contributed by atoms with Crippen molar-refractivity contribution in [2.45, 2.75) is 13.0 Å². The van der Waals surface area contributed by atoms with Crippen molar-refractivity contribution in [3.05, 3.63) is 52.7 Å². The summed E-state index contributed by atoms with van der Waals surface area (Å²) in [4.78, 5) is 24.2. The number of ether oxygens (including phenoxy) is 1. The van der Waals surface area contributed by atoms with Crippen LogP contribution in [0.4, 0.5) is 14.5 Å². The molecule has 0 radical (unpaired) electrons. The van der Waals surface area contributed by atoms with Crippen molar-refractivity contribution in [1.29, 1.82) is 0 Å². The number of alkyl halides is 2. The number of hydrogen-bond donors (Lipinski definition) is 0. The second kappa shape index (κ2) is 8.70. The average molecular weight is 416 g/mol. The molecule has 158 valence electrons. The molecule has 0 aliphatic carbocycles. The Bertz CT molecular complexity index is 1080. The minimum Gasteiger partial charge on any atom is -0.471 e. The molecule has 0 unspecified atom stereocenters. The van der Waals surface area contributed by atoms with E-state index in [0.29, 0.717) is 17.4 Å². The number of benzene rings is 1. The predicted molar refractivity (Wildman–Crippen MR) is 108 cm³/mol. The molecule has 1 aliphatic rings. The fourth-order valence-electron chi connectivity index (χ4n) is 3.50. The molecule has 2 aromatic heterocycles. The molecule has 0 spiro atoms. The van der Waals surface area contributed by atoms with Crippen molar-refractivity contribution >= 4 is 16.6 Å². The van der Waals surface area contributed by atoms with Gasteiger partial charge in [0, 0.05) is 51.5 Å². The molecule has 8 nitrogen and oxygen atoms in total. The zero-order valence-electron chi connectivity index (χ0n) is 16.5. The second-order valence-corrected chi connectivity index (χ2v) is 7.13. The smallest absolute Gasteiger partial charge is 0.272 e. The highest BCUT2D eigenvalue weighted by atomic mass is 19.3. The van der Waals surface area contributed by atoms with E-state index < -0.39 is 13.0 Å². The van der Waals surface area contributed by atoms with Gasteiger partial charge in [0.2, 0.25) is 5.88 Å². The summed E-state index contributed by atoms with van der Waals surface area (Å²) in [5.41, 5.74) is 2.35. The van der Waals surface area contributed by atoms with Gasteiger partial charge in [-0.1, -0.05) is 0 Å². The molecule has 10 heteroatoms. The van der Waals surface area contributed by atoms with Gasteiger partial charge >= 0.3 is 0 Å². The lowest BCUT2D eigenvalue weighted by Crippen LogP contribution is -2.46. The van der Waals surface area contributed by atoms with E-state index in [4.69, 9.17) is 4.74 Å². The molecule has 1 saturated heterocycles. The Balaban J connectivity index is 1.44. The summed E-state index contributed by atoms with van der Waals surface area (Å²) in [6, 6.07) is 9.00. The minimum atomic E-state index is -2.56. The van der Waals surface area contributed by atoms with Crippen LogP contribution in [-0.4, -0.2) is 63.9 Å². The second-order valence-electron chi connectivity index (χ2n) is 7.13. The third kappa shape index (κ3) is 4.54. The van der Waals surface area contributed by atoms with Crippen LogP contribution in [0.2, 0.25) is 0 Å². The first-order valence-electron chi connectivity index (χ1n) is 9.66. The fourth-order valence-corrected chi connectivity index (χ4v) is 3.50. The van der Waals surface area contributed by atoms with Crippen LogP contribution in [0.15, 0.2) is 41.5 Å². The first-order valence-corrected chi connectivity index (χ1v) is 9.66. The average Bonchev–Trinajstić information content (AvgIpc) is 2.75. The molecule has 30 heavy (non-hydrogen) atoms. The first kappa shape index (κ1) is 20.1. The summed E-state index contributed by atoms with van der Waals surface area (Å²) in [6.07, 6.45) is -1.25. The lowest BCUT2D eigenvalue weighted by Gasteiger charge is -2.36. The Morgan fingerprint density at radius 3 is 2.63 bits per heavy atom. The topological polar surface area (TPSA) is 76.4 Å². The molecule has 0 atom stereocenters. The van der Waals surface area contributed by atoms with E-state index in [9.17, 15) is 13.6 Å². The number of aryl methyl sites for hydroxylation is 1. The Labute approximate surface area is 171 Å². The third-order valence-electron chi connectivity index (χ3n) is 5.07. The number of aromatic nitrogens is 4. The van der Waals surface area contributed by atoms with Crippen LogP contribution in [0, 0.1) is 0 Å². The standard InChI is InChI=1S/C20H22F2N6O2/c1-26-19(29)5-2-14(25-26)11-27-6-8-28(9-7-27)15-3-4-17-16(10-15)20(24-13-23-17)30-12-18(21)22/h2-5,10,13,18H,6-9,11-12H2,1H3. The summed E-state index contributed by atoms with van der Waals surface area (Å²) in [5.74, 6) is 0.168. The van der Waals surface area contributed by atoms with E-state index in [1.165, 1.54) is 17.1 Å². The number of rotatable bonds is 6. The third-order valence-corrected chi connectivity index (χ3v) is 5.07. The molecule has 1 fully saturated rings. The summed E-state index contributed by atoms with van der Waals surface area (Å²) in [5, 5.41) is 4.90. The maximum Gasteiger partial charge on any atom is 0.272 e. The molecular formula is C20H22F2N6O2. The molecular weight excluding hydrogens is 394 g/mol. The Morgan fingerprint density at radius 2 is 1.90 bits per heavy atom. The van der Waals surface area contributed by atoms with Crippen molar-refractivity contribution in [2.75, 3.05) is 37.7 Å². The Morgan fingerprint density at radius 1 is 1.10 bits per heavy atom. The number of fused-ring (bicyclic) bond motifs is 1. The summed E-state index contributed by atoms with van der Waals surface area (Å²) < 4.78 is 31.6. The molecule has 0 amide bonds. The van der Waals surface area contributed by atoms with Crippen LogP contribution in [0.1, 0.15) is 5.69 Å². The van der Waals surface area contributed by atoms with Crippen molar-refractivity contribution in [1.82, 2.24) is 24.6 Å². The van der Waals surface area contributed by atoms with Gasteiger partial charge in [0.1, 0.15) is 6.33 Å². The van der Waals surface area contributed by atoms with Crippen LogP contribution < -0.4 is 15.2 Å². The highest BCUT2D eigenvalue weighted by molar-refractivity contribution is 5.86. The Kier molecular flexibility index (Phi) is 5.84. The van der Waals surface area contributed by atoms with Crippen LogP contribution in [0.25, 0.3) is 10.9 Å². The molecule has 4 rings (SSSR count). The minimum absolute atomic E-state index is 0.124. The molecule has 0 saturated carbocycles. The summed E-state index contributed by atoms with van der Waals surface area (Å²) in [7, 11) is 1.65. The van der Waals surface area contributed by atoms with E-state index in [1.807, 2.05) is 18.2 Å². The van der Waals surface area contributed by atoms with Gasteiger partial charge < -0.3 is 9.64 Å². The predicted octanol–water partition coefficient (Wildman–Crippen LogP) is 1.69. The maximum absolute atomic E-state index is 12.5. The lowest BCUT2D eigenvalue weighted by molar-refractivity contribution is 0.0804. The lowest BCUT2D eigenvalue weighted by atomic mass is 10.2. The monoisotopic (exact) mass is 416 g/mol. The van der Waals surface area contributed by atoms with E-state index in [-0.39, 0.29) is 11.4 Å². The number of nitrogens with zero attached hydrogens (tertiary/aromatic N) is 6. The van der Waals surface area contributed by atoms with Gasteiger partial charge in [-0.2, -0.15) is 5.10 Å². The van der Waals surface area contributed by atoms with E-state index >= 15 is 0 Å². The maximum atomic E-state index is 12.5. The normalized spacial score (nSPS) is 15.1. The highest BCUT2D eigenvalue weighted by Gasteiger charge is 2.19. The van der Waals surface area contributed by atoms with E-state index in [1.54, 1.807) is 13.1 Å². The summed E-state index contributed by atoms with van der Waals surface area (Å²) >= 11 is 0. The number of hydrogen-bond acceptors (Lipinski definition) is 7. The van der Waals surface area contributed by atoms with Gasteiger partial charge in [-0.25, -0.2) is 23.4 Å². The molecule has 1 aliphatic heterocycles.